The van der Waals surface area contributed by atoms with Gasteiger partial charge in [0.05, 0.1) is 4.88 Å². The smallest absolute Gasteiger partial charge is 0.345 e. The Morgan fingerprint density at radius 1 is 1.33 bits per heavy atom. The highest BCUT2D eigenvalue weighted by atomic mass is 32.1. The third-order valence-corrected chi connectivity index (χ3v) is 4.38. The van der Waals surface area contributed by atoms with Crippen LogP contribution in [0.15, 0.2) is 12.1 Å². The van der Waals surface area contributed by atoms with Gasteiger partial charge in [-0.05, 0) is 30.9 Å². The summed E-state index contributed by atoms with van der Waals surface area (Å²) in [5.41, 5.74) is 0. The van der Waals surface area contributed by atoms with E-state index < -0.39 is 5.97 Å². The van der Waals surface area contributed by atoms with Gasteiger partial charge >= 0.3 is 5.97 Å². The Bertz CT molecular complexity index is 455. The molecule has 1 heterocycles. The van der Waals surface area contributed by atoms with Crippen molar-refractivity contribution < 1.29 is 14.7 Å². The molecule has 0 spiro atoms. The van der Waals surface area contributed by atoms with Crippen LogP contribution in [0.5, 0.6) is 0 Å². The predicted octanol–water partition coefficient (Wildman–Crippen LogP) is 2.75. The minimum absolute atomic E-state index is 0.147. The molecule has 2 rings (SSSR count). The molecule has 1 saturated carbocycles. The van der Waals surface area contributed by atoms with Gasteiger partial charge in [0.25, 0.3) is 5.91 Å². The van der Waals surface area contributed by atoms with Gasteiger partial charge in [0.15, 0.2) is 0 Å². The summed E-state index contributed by atoms with van der Waals surface area (Å²) in [5, 5.41) is 11.8. The molecule has 0 radical (unpaired) electrons. The Kier molecular flexibility index (Phi) is 4.01. The quantitative estimate of drug-likeness (QED) is 0.885. The molecule has 4 nitrogen and oxygen atoms in total. The number of carboxylic acids is 1. The lowest BCUT2D eigenvalue weighted by Crippen LogP contribution is -2.37. The van der Waals surface area contributed by atoms with Crippen LogP contribution in [-0.2, 0) is 0 Å². The number of hydrogen-bond acceptors (Lipinski definition) is 3. The largest absolute Gasteiger partial charge is 0.477 e. The molecule has 1 amide bonds. The van der Waals surface area contributed by atoms with Crippen LogP contribution >= 0.6 is 11.3 Å². The first-order chi connectivity index (χ1) is 8.56. The van der Waals surface area contributed by atoms with Gasteiger partial charge in [-0.2, -0.15) is 0 Å². The lowest BCUT2D eigenvalue weighted by molar-refractivity contribution is 0.0702. The van der Waals surface area contributed by atoms with Crippen molar-refractivity contribution in [3.05, 3.63) is 21.9 Å². The molecule has 0 aliphatic heterocycles. The summed E-state index contributed by atoms with van der Waals surface area (Å²) in [6.45, 7) is 2.20. The third-order valence-electron chi connectivity index (χ3n) is 3.31. The lowest BCUT2D eigenvalue weighted by atomic mass is 9.87. The second-order valence-corrected chi connectivity index (χ2v) is 5.99. The van der Waals surface area contributed by atoms with Crippen LogP contribution in [0.4, 0.5) is 0 Å². The van der Waals surface area contributed by atoms with Crippen LogP contribution in [0.1, 0.15) is 52.0 Å². The number of carbonyl (C=O) groups excluding carboxylic acids is 1. The first kappa shape index (κ1) is 13.1. The highest BCUT2D eigenvalue weighted by molar-refractivity contribution is 7.15. The maximum atomic E-state index is 12.0. The van der Waals surface area contributed by atoms with Gasteiger partial charge in [0.1, 0.15) is 4.88 Å². The molecule has 98 valence electrons. The summed E-state index contributed by atoms with van der Waals surface area (Å²) in [5.74, 6) is -0.473. The van der Waals surface area contributed by atoms with Gasteiger partial charge < -0.3 is 10.4 Å². The number of hydrogen-bond donors (Lipinski definition) is 2. The van der Waals surface area contributed by atoms with Crippen LogP contribution in [0, 0.1) is 5.92 Å². The van der Waals surface area contributed by atoms with E-state index in [1.165, 1.54) is 12.5 Å². The van der Waals surface area contributed by atoms with Gasteiger partial charge in [-0.3, -0.25) is 4.79 Å². The Labute approximate surface area is 110 Å². The number of aromatic carboxylic acids is 1. The van der Waals surface area contributed by atoms with Crippen LogP contribution in [-0.4, -0.2) is 23.0 Å². The van der Waals surface area contributed by atoms with Gasteiger partial charge in [-0.1, -0.05) is 19.8 Å². The lowest BCUT2D eigenvalue weighted by Gasteiger charge is -2.27. The number of carbonyl (C=O) groups is 2. The van der Waals surface area contributed by atoms with Crippen molar-refractivity contribution in [2.45, 2.75) is 38.6 Å². The van der Waals surface area contributed by atoms with Crippen molar-refractivity contribution in [1.82, 2.24) is 5.32 Å². The minimum atomic E-state index is -0.981. The van der Waals surface area contributed by atoms with Crippen molar-refractivity contribution in [3.63, 3.8) is 0 Å². The summed E-state index contributed by atoms with van der Waals surface area (Å²) in [6.07, 6.45) is 4.42. The Morgan fingerprint density at radius 3 is 2.67 bits per heavy atom. The SMILES string of the molecule is CC1CCCC(NC(=O)c2ccc(C(=O)O)s2)C1. The Hall–Kier alpha value is -1.36. The molecule has 1 aromatic rings. The molecule has 2 unspecified atom stereocenters. The average molecular weight is 267 g/mol. The van der Waals surface area contributed by atoms with Crippen LogP contribution in [0.3, 0.4) is 0 Å². The number of amides is 1. The molecular weight excluding hydrogens is 250 g/mol. The molecule has 1 fully saturated rings. The van der Waals surface area contributed by atoms with Gasteiger partial charge in [0.2, 0.25) is 0 Å². The molecular formula is C13H17NO3S. The van der Waals surface area contributed by atoms with Crippen LogP contribution in [0.2, 0.25) is 0 Å². The summed E-state index contributed by atoms with van der Waals surface area (Å²) in [6, 6.07) is 3.29. The zero-order valence-corrected chi connectivity index (χ0v) is 11.1. The highest BCUT2D eigenvalue weighted by Gasteiger charge is 2.21. The highest BCUT2D eigenvalue weighted by Crippen LogP contribution is 2.24. The normalized spacial score (nSPS) is 23.6. The van der Waals surface area contributed by atoms with E-state index in [4.69, 9.17) is 5.11 Å². The van der Waals surface area contributed by atoms with E-state index in [1.807, 2.05) is 0 Å². The fourth-order valence-electron chi connectivity index (χ4n) is 2.40. The van der Waals surface area contributed by atoms with Crippen molar-refractivity contribution in [2.75, 3.05) is 0 Å². The molecule has 1 aliphatic rings. The zero-order valence-electron chi connectivity index (χ0n) is 10.3. The predicted molar refractivity (Wildman–Crippen MR) is 70.2 cm³/mol. The molecule has 0 saturated heterocycles. The molecule has 5 heteroatoms. The first-order valence-electron chi connectivity index (χ1n) is 6.20. The maximum absolute atomic E-state index is 12.0. The van der Waals surface area contributed by atoms with E-state index in [9.17, 15) is 9.59 Å². The fraction of sp³-hybridized carbons (Fsp3) is 0.538. The molecule has 1 aromatic heterocycles. The first-order valence-corrected chi connectivity index (χ1v) is 7.02. The monoisotopic (exact) mass is 267 g/mol. The van der Waals surface area contributed by atoms with Gasteiger partial charge in [0, 0.05) is 6.04 Å². The standard InChI is InChI=1S/C13H17NO3S/c1-8-3-2-4-9(7-8)14-12(15)10-5-6-11(18-10)13(16)17/h5-6,8-9H,2-4,7H2,1H3,(H,14,15)(H,16,17). The van der Waals surface area contributed by atoms with Crippen LogP contribution < -0.4 is 5.32 Å². The molecule has 1 aliphatic carbocycles. The molecule has 18 heavy (non-hydrogen) atoms. The molecule has 2 N–H and O–H groups in total. The number of carboxylic acid groups (broad SMARTS) is 1. The van der Waals surface area contributed by atoms with Crippen molar-refractivity contribution >= 4 is 23.2 Å². The topological polar surface area (TPSA) is 66.4 Å². The summed E-state index contributed by atoms with van der Waals surface area (Å²) >= 11 is 1.03. The second-order valence-electron chi connectivity index (χ2n) is 4.91. The Balaban J connectivity index is 1.96. The minimum Gasteiger partial charge on any atom is -0.477 e. The van der Waals surface area contributed by atoms with Crippen molar-refractivity contribution in [2.24, 2.45) is 5.92 Å². The number of rotatable bonds is 3. The second kappa shape index (κ2) is 5.52. The average Bonchev–Trinajstić information content (AvgIpc) is 2.78. The van der Waals surface area contributed by atoms with E-state index in [0.29, 0.717) is 10.8 Å². The van der Waals surface area contributed by atoms with E-state index in [-0.39, 0.29) is 16.8 Å². The van der Waals surface area contributed by atoms with E-state index in [1.54, 1.807) is 6.07 Å². The zero-order chi connectivity index (χ0) is 13.1. The number of nitrogens with one attached hydrogen (secondary N) is 1. The molecule has 0 aromatic carbocycles. The van der Waals surface area contributed by atoms with Crippen LogP contribution in [0.25, 0.3) is 0 Å². The van der Waals surface area contributed by atoms with Gasteiger partial charge in [-0.15, -0.1) is 11.3 Å². The Morgan fingerprint density at radius 2 is 2.06 bits per heavy atom. The van der Waals surface area contributed by atoms with E-state index in [2.05, 4.69) is 12.2 Å². The van der Waals surface area contributed by atoms with Crippen molar-refractivity contribution in [1.29, 1.82) is 0 Å². The van der Waals surface area contributed by atoms with E-state index in [0.717, 1.165) is 30.6 Å². The maximum Gasteiger partial charge on any atom is 0.345 e. The molecule has 0 bridgehead atoms. The summed E-state index contributed by atoms with van der Waals surface area (Å²) < 4.78 is 0. The summed E-state index contributed by atoms with van der Waals surface area (Å²) in [7, 11) is 0. The van der Waals surface area contributed by atoms with E-state index >= 15 is 0 Å². The fourth-order valence-corrected chi connectivity index (χ4v) is 3.14. The summed E-state index contributed by atoms with van der Waals surface area (Å²) in [4.78, 5) is 23.4. The number of thiophene rings is 1. The van der Waals surface area contributed by atoms with Crippen molar-refractivity contribution in [3.8, 4) is 0 Å². The molecule has 2 atom stereocenters. The third kappa shape index (κ3) is 3.10. The van der Waals surface area contributed by atoms with Gasteiger partial charge in [-0.25, -0.2) is 4.79 Å².